The number of para-hydroxylation sites is 2. The van der Waals surface area contributed by atoms with Crippen LogP contribution in [0.1, 0.15) is 95.4 Å². The number of nitrogens with two attached hydrogens (primary N) is 5. The van der Waals surface area contributed by atoms with Gasteiger partial charge in [-0.1, -0.05) is 125 Å². The molecule has 0 aliphatic rings. The third-order valence-corrected chi connectivity index (χ3v) is 16.3. The first-order chi connectivity index (χ1) is 47.7. The molecule has 2 aromatic heterocycles. The van der Waals surface area contributed by atoms with Crippen molar-refractivity contribution in [1.29, 1.82) is 0 Å². The summed E-state index contributed by atoms with van der Waals surface area (Å²) in [7, 11) is 0. The van der Waals surface area contributed by atoms with Crippen LogP contribution in [0.15, 0.2) is 132 Å². The van der Waals surface area contributed by atoms with Gasteiger partial charge in [0.25, 0.3) is 0 Å². The summed E-state index contributed by atoms with van der Waals surface area (Å²) in [5, 5.41) is 46.8. The lowest BCUT2D eigenvalue weighted by Gasteiger charge is -2.29. The van der Waals surface area contributed by atoms with Gasteiger partial charge in [0.05, 0.1) is 12.6 Å². The predicted octanol–water partition coefficient (Wildman–Crippen LogP) is -0.0935. The minimum atomic E-state index is -1.74. The Hall–Kier alpha value is -10.9. The monoisotopic (exact) mass is 1380 g/mol. The van der Waals surface area contributed by atoms with Crippen LogP contribution < -0.4 is 76.5 Å². The highest BCUT2D eigenvalue weighted by atomic mass is 16.4. The van der Waals surface area contributed by atoms with Crippen molar-refractivity contribution in [3.8, 4) is 0 Å². The smallest absolute Gasteiger partial charge is 0.326 e. The number of aliphatic carboxylic acids is 1. The molecule has 0 radical (unpaired) electrons. The predicted molar refractivity (Wildman–Crippen MR) is 379 cm³/mol. The van der Waals surface area contributed by atoms with Gasteiger partial charge >= 0.3 is 5.97 Å². The molecule has 0 fully saturated rings. The van der Waals surface area contributed by atoms with E-state index in [1.165, 1.54) is 6.92 Å². The van der Waals surface area contributed by atoms with Gasteiger partial charge in [0.1, 0.15) is 54.4 Å². The van der Waals surface area contributed by atoms with E-state index in [-0.39, 0.29) is 101 Å². The molecule has 30 heteroatoms. The maximum absolute atomic E-state index is 14.7. The second kappa shape index (κ2) is 38.9. The Balaban J connectivity index is 1.20. The molecule has 10 atom stereocenters. The van der Waals surface area contributed by atoms with Crippen LogP contribution in [-0.4, -0.2) is 171 Å². The molecule has 538 valence electrons. The number of aromatic nitrogens is 2. The Morgan fingerprint density at radius 1 is 0.400 bits per heavy atom. The quantitative estimate of drug-likeness (QED) is 0.0136. The van der Waals surface area contributed by atoms with E-state index >= 15 is 0 Å². The summed E-state index contributed by atoms with van der Waals surface area (Å²) in [6.07, 6.45) is 3.05. The summed E-state index contributed by atoms with van der Waals surface area (Å²) >= 11 is 0. The molecule has 100 heavy (non-hydrogen) atoms. The van der Waals surface area contributed by atoms with Crippen molar-refractivity contribution in [3.63, 3.8) is 0 Å². The first-order valence-electron chi connectivity index (χ1n) is 33.3. The number of carbonyl (C=O) groups excluding carboxylic acids is 9. The zero-order chi connectivity index (χ0) is 73.0. The molecule has 0 saturated heterocycles. The van der Waals surface area contributed by atoms with E-state index in [1.54, 1.807) is 107 Å². The number of aromatic amines is 2. The van der Waals surface area contributed by atoms with E-state index in [9.17, 15) is 58.2 Å². The number of fused-ring (bicyclic) bond motifs is 2. The normalized spacial score (nSPS) is 14.2. The van der Waals surface area contributed by atoms with Crippen molar-refractivity contribution >= 4 is 92.9 Å². The maximum Gasteiger partial charge on any atom is 0.326 e. The SMILES string of the molecule is CC(C)C[C@H](NC(=O)[C@H](CO)NC(=O)[C@H](CC(C)C)NC(=O)[C@H](CCCN=C(N)N)NC(=O)[C@H](Cc1ccccc1)NC(=O)[C@H](Cc1c[nH]c2ccccc12)NC(=O)[C@H](C)N)C(=O)N[C@@H](CCCN=C(N)N)C(=O)N[C@@H](Cc1ccccc1)C(=O)N[C@@H](Cc1c[nH]c2ccccc12)C(=O)O. The average molecular weight is 1380 g/mol. The molecule has 30 nitrogen and oxygen atoms in total. The topological polar surface area (TPSA) is 506 Å². The Morgan fingerprint density at radius 3 is 1.09 bits per heavy atom. The number of H-pyrrole nitrogens is 2. The lowest BCUT2D eigenvalue weighted by molar-refractivity contribution is -0.142. The average Bonchev–Trinajstić information content (AvgIpc) is 1.63. The number of aliphatic hydroxyl groups is 1. The van der Waals surface area contributed by atoms with Gasteiger partial charge in [0.15, 0.2) is 11.9 Å². The third kappa shape index (κ3) is 24.9. The van der Waals surface area contributed by atoms with Gasteiger partial charge in [-0.3, -0.25) is 53.1 Å². The number of carbonyl (C=O) groups is 10. The van der Waals surface area contributed by atoms with Crippen LogP contribution in [0.4, 0.5) is 0 Å². The molecule has 23 N–H and O–H groups in total. The number of hydrogen-bond acceptors (Lipinski definition) is 14. The second-order valence-electron chi connectivity index (χ2n) is 25.5. The van der Waals surface area contributed by atoms with Gasteiger partial charge < -0.3 is 96.7 Å². The number of amides is 9. The van der Waals surface area contributed by atoms with Crippen LogP contribution in [0.5, 0.6) is 0 Å². The van der Waals surface area contributed by atoms with Crippen molar-refractivity contribution in [3.05, 3.63) is 144 Å². The summed E-state index contributed by atoms with van der Waals surface area (Å²) in [6.45, 7) is 7.54. The van der Waals surface area contributed by atoms with Gasteiger partial charge in [-0.15, -0.1) is 0 Å². The van der Waals surface area contributed by atoms with E-state index in [1.807, 2.05) is 42.5 Å². The molecule has 0 aliphatic carbocycles. The van der Waals surface area contributed by atoms with E-state index in [0.29, 0.717) is 22.3 Å². The molecule has 0 spiro atoms. The maximum atomic E-state index is 14.7. The Bertz CT molecular complexity index is 3790. The van der Waals surface area contributed by atoms with Gasteiger partial charge in [0, 0.05) is 73.0 Å². The summed E-state index contributed by atoms with van der Waals surface area (Å²) in [5.41, 5.74) is 32.5. The molecule has 0 aliphatic heterocycles. The number of carboxylic acid groups (broad SMARTS) is 1. The van der Waals surface area contributed by atoms with E-state index < -0.39 is 126 Å². The minimum Gasteiger partial charge on any atom is -0.480 e. The number of guanidine groups is 2. The van der Waals surface area contributed by atoms with E-state index in [4.69, 9.17) is 28.7 Å². The summed E-state index contributed by atoms with van der Waals surface area (Å²) < 4.78 is 0. The molecule has 4 aromatic carbocycles. The molecular formula is C70H96N18O12. The fourth-order valence-corrected chi connectivity index (χ4v) is 11.2. The van der Waals surface area contributed by atoms with Crippen molar-refractivity contribution in [2.24, 2.45) is 50.5 Å². The number of nitrogens with zero attached hydrogens (tertiary/aromatic N) is 2. The summed E-state index contributed by atoms with van der Waals surface area (Å²) in [5.74, 6) is -9.95. The van der Waals surface area contributed by atoms with Gasteiger partial charge in [-0.05, 0) is 91.7 Å². The first kappa shape index (κ1) is 78.1. The summed E-state index contributed by atoms with van der Waals surface area (Å²) in [6, 6.07) is 18.2. The highest BCUT2D eigenvalue weighted by molar-refractivity contribution is 5.99. The molecule has 6 aromatic rings. The van der Waals surface area contributed by atoms with Gasteiger partial charge in [0.2, 0.25) is 53.2 Å². The van der Waals surface area contributed by atoms with Crippen LogP contribution in [0.3, 0.4) is 0 Å². The number of rotatable bonds is 40. The zero-order valence-corrected chi connectivity index (χ0v) is 56.9. The Kier molecular flexibility index (Phi) is 30.4. The fraction of sp³-hybridized carbons (Fsp3) is 0.429. The van der Waals surface area contributed by atoms with E-state index in [0.717, 1.165) is 21.8 Å². The molecule has 0 bridgehead atoms. The van der Waals surface area contributed by atoms with Crippen molar-refractivity contribution in [1.82, 2.24) is 57.8 Å². The van der Waals surface area contributed by atoms with Crippen LogP contribution in [0.25, 0.3) is 21.8 Å². The fourth-order valence-electron chi connectivity index (χ4n) is 11.2. The standard InChI is InChI=1S/C70H96N18O12/c1-39(2)30-52(62(93)80-51(27-17-29-77-70(74)75)61(92)85-55(33-43-20-10-7-11-21-43)65(96)87-57(68(99)100)35-45-37-79-49-25-15-13-23-47(45)49)84-67(98)58(38-89)88-63(94)53(31-40(3)4)83-60(91)50(26-16-28-76-69(72)73)81-64(95)54(32-42-18-8-6-9-19-42)86-66(97)56(82-59(90)41(5)71)34-44-36-78-48-24-14-12-22-46(44)48/h6-15,18-25,36-37,39-41,50-58,78-79,89H,16-17,26-35,38,71H2,1-5H3,(H,80,93)(H,81,95)(H,82,90)(H,83,91)(H,84,98)(H,85,92)(H,86,97)(H,87,96)(H,88,94)(H,99,100)(H4,72,73,76)(H4,74,75,77)/t41-,50-,51-,52-,53-,54-,55-,56-,57-,58-/m0/s1. The number of aliphatic imine (C=N–C) groups is 2. The van der Waals surface area contributed by atoms with Gasteiger partial charge in [-0.2, -0.15) is 0 Å². The second-order valence-corrected chi connectivity index (χ2v) is 25.5. The molecule has 0 saturated carbocycles. The van der Waals surface area contributed by atoms with Gasteiger partial charge in [-0.25, -0.2) is 4.79 Å². The summed E-state index contributed by atoms with van der Waals surface area (Å²) in [4.78, 5) is 156. The van der Waals surface area contributed by atoms with Crippen LogP contribution in [0, 0.1) is 11.8 Å². The molecular weight excluding hydrogens is 1280 g/mol. The van der Waals surface area contributed by atoms with Crippen LogP contribution in [-0.2, 0) is 73.6 Å². The molecule has 6 rings (SSSR count). The number of carboxylic acids is 1. The lowest BCUT2D eigenvalue weighted by atomic mass is 10.00. The van der Waals surface area contributed by atoms with E-state index in [2.05, 4.69) is 67.8 Å². The number of hydrogen-bond donors (Lipinski definition) is 18. The largest absolute Gasteiger partial charge is 0.480 e. The number of aliphatic hydroxyl groups excluding tert-OH is 1. The molecule has 0 unspecified atom stereocenters. The first-order valence-corrected chi connectivity index (χ1v) is 33.3. The Morgan fingerprint density at radius 2 is 0.710 bits per heavy atom. The number of benzene rings is 4. The third-order valence-electron chi connectivity index (χ3n) is 16.3. The Labute approximate surface area is 579 Å². The highest BCUT2D eigenvalue weighted by Gasteiger charge is 2.37. The van der Waals surface area contributed by atoms with Crippen molar-refractivity contribution < 1.29 is 58.2 Å². The number of nitrogens with one attached hydrogen (secondary N) is 11. The lowest BCUT2D eigenvalue weighted by Crippen LogP contribution is -2.61. The minimum absolute atomic E-state index is 0.00356. The van der Waals surface area contributed by atoms with Crippen LogP contribution >= 0.6 is 0 Å². The highest BCUT2D eigenvalue weighted by Crippen LogP contribution is 2.22. The molecule has 9 amide bonds. The van der Waals surface area contributed by atoms with Crippen molar-refractivity contribution in [2.75, 3.05) is 19.7 Å². The zero-order valence-electron chi connectivity index (χ0n) is 56.9. The molecule has 2 heterocycles. The van der Waals surface area contributed by atoms with Crippen molar-refractivity contribution in [2.45, 2.75) is 159 Å². The van der Waals surface area contributed by atoms with Crippen LogP contribution in [0.2, 0.25) is 0 Å².